The van der Waals surface area contributed by atoms with Crippen molar-refractivity contribution < 1.29 is 14.2 Å². The van der Waals surface area contributed by atoms with Crippen LogP contribution in [0.1, 0.15) is 11.1 Å². The van der Waals surface area contributed by atoms with Crippen molar-refractivity contribution in [2.45, 2.75) is 13.8 Å². The van der Waals surface area contributed by atoms with E-state index in [2.05, 4.69) is 25.2 Å². The predicted molar refractivity (Wildman–Crippen MR) is 85.3 cm³/mol. The van der Waals surface area contributed by atoms with E-state index < -0.39 is 0 Å². The molecule has 2 rings (SSSR count). The summed E-state index contributed by atoms with van der Waals surface area (Å²) in [6.07, 6.45) is 0. The quantitative estimate of drug-likeness (QED) is 0.899. The number of rotatable bonds is 5. The summed E-state index contributed by atoms with van der Waals surface area (Å²) < 4.78 is 16.0. The molecule has 0 saturated carbocycles. The lowest BCUT2D eigenvalue weighted by Crippen LogP contribution is -1.98. The number of benzene rings is 2. The molecule has 4 heteroatoms. The molecule has 0 spiro atoms. The molecule has 0 bridgehead atoms. The highest BCUT2D eigenvalue weighted by molar-refractivity contribution is 5.70. The molecule has 21 heavy (non-hydrogen) atoms. The first-order valence-electron chi connectivity index (χ1n) is 6.72. The van der Waals surface area contributed by atoms with E-state index in [1.807, 2.05) is 24.3 Å². The van der Waals surface area contributed by atoms with Gasteiger partial charge in [0.15, 0.2) is 0 Å². The van der Waals surface area contributed by atoms with Gasteiger partial charge >= 0.3 is 0 Å². The van der Waals surface area contributed by atoms with E-state index >= 15 is 0 Å². The van der Waals surface area contributed by atoms with Crippen LogP contribution >= 0.6 is 0 Å². The Labute approximate surface area is 125 Å². The molecule has 2 aromatic carbocycles. The largest absolute Gasteiger partial charge is 0.497 e. The van der Waals surface area contributed by atoms with Gasteiger partial charge in [0, 0.05) is 23.9 Å². The molecule has 4 nitrogen and oxygen atoms in total. The molecule has 0 aromatic heterocycles. The summed E-state index contributed by atoms with van der Waals surface area (Å²) in [5.74, 6) is 2.28. The van der Waals surface area contributed by atoms with Gasteiger partial charge in [-0.25, -0.2) is 0 Å². The molecule has 0 amide bonds. The lowest BCUT2D eigenvalue weighted by molar-refractivity contribution is 0.394. The van der Waals surface area contributed by atoms with E-state index in [1.165, 1.54) is 11.1 Å². The van der Waals surface area contributed by atoms with Crippen LogP contribution in [0.5, 0.6) is 17.2 Å². The van der Waals surface area contributed by atoms with E-state index in [4.69, 9.17) is 14.2 Å². The Morgan fingerprint density at radius 1 is 0.714 bits per heavy atom. The minimum atomic E-state index is 0.736. The van der Waals surface area contributed by atoms with Gasteiger partial charge in [-0.05, 0) is 37.1 Å². The number of hydrogen-bond acceptors (Lipinski definition) is 4. The van der Waals surface area contributed by atoms with Gasteiger partial charge in [-0.15, -0.1) is 0 Å². The Bertz CT molecular complexity index is 616. The summed E-state index contributed by atoms with van der Waals surface area (Å²) in [6.45, 7) is 4.14. The zero-order valence-corrected chi connectivity index (χ0v) is 13.1. The lowest BCUT2D eigenvalue weighted by Gasteiger charge is -2.15. The fraction of sp³-hybridized carbons (Fsp3) is 0.294. The second kappa shape index (κ2) is 6.39. The first-order valence-corrected chi connectivity index (χ1v) is 6.72. The summed E-state index contributed by atoms with van der Waals surface area (Å²) in [7, 11) is 4.94. The minimum absolute atomic E-state index is 0.736. The van der Waals surface area contributed by atoms with Crippen LogP contribution in [0.2, 0.25) is 0 Å². The van der Waals surface area contributed by atoms with Crippen LogP contribution in [0.25, 0.3) is 0 Å². The molecule has 0 fully saturated rings. The molecule has 2 aromatic rings. The van der Waals surface area contributed by atoms with Crippen molar-refractivity contribution in [2.75, 3.05) is 26.6 Å². The van der Waals surface area contributed by atoms with Crippen molar-refractivity contribution in [1.82, 2.24) is 0 Å². The van der Waals surface area contributed by atoms with E-state index in [0.717, 1.165) is 28.6 Å². The Morgan fingerprint density at radius 3 is 1.81 bits per heavy atom. The Morgan fingerprint density at radius 2 is 1.29 bits per heavy atom. The number of ether oxygens (including phenoxy) is 3. The van der Waals surface area contributed by atoms with Crippen LogP contribution in [0, 0.1) is 13.8 Å². The van der Waals surface area contributed by atoms with Crippen LogP contribution in [-0.4, -0.2) is 21.3 Å². The van der Waals surface area contributed by atoms with Crippen LogP contribution < -0.4 is 19.5 Å². The normalized spacial score (nSPS) is 10.1. The average molecular weight is 287 g/mol. The second-order valence-electron chi connectivity index (χ2n) is 4.86. The molecule has 0 atom stereocenters. The summed E-state index contributed by atoms with van der Waals surface area (Å²) in [6, 6.07) is 9.76. The molecule has 0 aliphatic carbocycles. The molecule has 0 aliphatic heterocycles. The maximum atomic E-state index is 5.44. The Hall–Kier alpha value is -2.36. The molecule has 0 aliphatic rings. The lowest BCUT2D eigenvalue weighted by atomic mass is 10.1. The van der Waals surface area contributed by atoms with Crippen LogP contribution in [0.3, 0.4) is 0 Å². The molecular formula is C17H21NO3. The first-order chi connectivity index (χ1) is 10.1. The van der Waals surface area contributed by atoms with Crippen molar-refractivity contribution in [3.8, 4) is 17.2 Å². The SMILES string of the molecule is COc1cc(Nc2cc(C)c(C)cc2OC)cc(OC)c1. The fourth-order valence-corrected chi connectivity index (χ4v) is 2.09. The van der Waals surface area contributed by atoms with Gasteiger partial charge in [0.05, 0.1) is 27.0 Å². The monoisotopic (exact) mass is 287 g/mol. The standard InChI is InChI=1S/C17H21NO3/c1-11-6-16(17(21-5)7-12(11)2)18-13-8-14(19-3)10-15(9-13)20-4/h6-10,18H,1-5H3. The van der Waals surface area contributed by atoms with Gasteiger partial charge in [0.2, 0.25) is 0 Å². The fourth-order valence-electron chi connectivity index (χ4n) is 2.09. The molecule has 1 N–H and O–H groups in total. The molecule has 0 saturated heterocycles. The first kappa shape index (κ1) is 15.0. The van der Waals surface area contributed by atoms with Crippen molar-refractivity contribution >= 4 is 11.4 Å². The van der Waals surface area contributed by atoms with Crippen molar-refractivity contribution in [2.24, 2.45) is 0 Å². The number of methoxy groups -OCH3 is 3. The zero-order valence-electron chi connectivity index (χ0n) is 13.1. The van der Waals surface area contributed by atoms with Crippen LogP contribution in [0.4, 0.5) is 11.4 Å². The van der Waals surface area contributed by atoms with Gasteiger partial charge in [0.1, 0.15) is 17.2 Å². The van der Waals surface area contributed by atoms with Crippen molar-refractivity contribution in [3.63, 3.8) is 0 Å². The van der Waals surface area contributed by atoms with Crippen molar-refractivity contribution in [1.29, 1.82) is 0 Å². The van der Waals surface area contributed by atoms with Crippen molar-refractivity contribution in [3.05, 3.63) is 41.5 Å². The number of aryl methyl sites for hydroxylation is 2. The number of nitrogens with one attached hydrogen (secondary N) is 1. The van der Waals surface area contributed by atoms with E-state index in [9.17, 15) is 0 Å². The third-order valence-electron chi connectivity index (χ3n) is 3.45. The van der Waals surface area contributed by atoms with E-state index in [1.54, 1.807) is 21.3 Å². The van der Waals surface area contributed by atoms with Crippen LogP contribution in [0.15, 0.2) is 30.3 Å². The summed E-state index contributed by atoms with van der Waals surface area (Å²) in [4.78, 5) is 0. The third kappa shape index (κ3) is 3.40. The maximum absolute atomic E-state index is 5.44. The second-order valence-corrected chi connectivity index (χ2v) is 4.86. The summed E-state index contributed by atoms with van der Waals surface area (Å²) >= 11 is 0. The number of anilines is 2. The molecule has 112 valence electrons. The van der Waals surface area contributed by atoms with E-state index in [-0.39, 0.29) is 0 Å². The highest BCUT2D eigenvalue weighted by atomic mass is 16.5. The zero-order chi connectivity index (χ0) is 15.4. The Balaban J connectivity index is 2.39. The molecule has 0 heterocycles. The Kier molecular flexibility index (Phi) is 4.58. The topological polar surface area (TPSA) is 39.7 Å². The summed E-state index contributed by atoms with van der Waals surface area (Å²) in [5, 5.41) is 3.36. The van der Waals surface area contributed by atoms with E-state index in [0.29, 0.717) is 0 Å². The number of hydrogen-bond donors (Lipinski definition) is 1. The molecule has 0 unspecified atom stereocenters. The smallest absolute Gasteiger partial charge is 0.142 e. The summed E-state index contributed by atoms with van der Waals surface area (Å²) in [5.41, 5.74) is 4.19. The predicted octanol–water partition coefficient (Wildman–Crippen LogP) is 4.07. The maximum Gasteiger partial charge on any atom is 0.142 e. The van der Waals surface area contributed by atoms with Gasteiger partial charge in [0.25, 0.3) is 0 Å². The van der Waals surface area contributed by atoms with Crippen LogP contribution in [-0.2, 0) is 0 Å². The minimum Gasteiger partial charge on any atom is -0.497 e. The van der Waals surface area contributed by atoms with Gasteiger partial charge in [-0.3, -0.25) is 0 Å². The van der Waals surface area contributed by atoms with Gasteiger partial charge in [-0.2, -0.15) is 0 Å². The highest BCUT2D eigenvalue weighted by Crippen LogP contribution is 2.33. The molecular weight excluding hydrogens is 266 g/mol. The highest BCUT2D eigenvalue weighted by Gasteiger charge is 2.08. The average Bonchev–Trinajstić information content (AvgIpc) is 2.50. The molecule has 0 radical (unpaired) electrons. The third-order valence-corrected chi connectivity index (χ3v) is 3.45. The van der Waals surface area contributed by atoms with Gasteiger partial charge < -0.3 is 19.5 Å². The van der Waals surface area contributed by atoms with Gasteiger partial charge in [-0.1, -0.05) is 0 Å².